The zero-order chi connectivity index (χ0) is 21.8. The first kappa shape index (κ1) is 21.4. The highest BCUT2D eigenvalue weighted by Gasteiger charge is 2.24. The molecule has 0 saturated carbocycles. The standard InChI is InChI=1S/C21H24N2O7S/c1-15(21(24)23-8-10-27-11-9-23)30-17-3-5-18(6-4-17)31(25,26)22-13-16-2-7-19-20(12-16)29-14-28-19/h2-7,12,15,22H,8-11,13-14H2,1H3/t15-/m1/s1. The van der Waals surface area contributed by atoms with Gasteiger partial charge in [-0.05, 0) is 48.9 Å². The number of benzene rings is 2. The summed E-state index contributed by atoms with van der Waals surface area (Å²) in [5, 5.41) is 0. The van der Waals surface area contributed by atoms with Gasteiger partial charge in [0.2, 0.25) is 16.8 Å². The van der Waals surface area contributed by atoms with Crippen LogP contribution in [0.1, 0.15) is 12.5 Å². The topological polar surface area (TPSA) is 103 Å². The van der Waals surface area contributed by atoms with E-state index in [-0.39, 0.29) is 24.1 Å². The highest BCUT2D eigenvalue weighted by molar-refractivity contribution is 7.89. The van der Waals surface area contributed by atoms with E-state index < -0.39 is 16.1 Å². The van der Waals surface area contributed by atoms with Crippen molar-refractivity contribution < 1.29 is 32.2 Å². The van der Waals surface area contributed by atoms with Crippen molar-refractivity contribution in [2.75, 3.05) is 33.1 Å². The quantitative estimate of drug-likeness (QED) is 0.685. The number of nitrogens with one attached hydrogen (secondary N) is 1. The Labute approximate surface area is 180 Å². The summed E-state index contributed by atoms with van der Waals surface area (Å²) in [7, 11) is -3.72. The summed E-state index contributed by atoms with van der Waals surface area (Å²) in [5.74, 6) is 1.54. The lowest BCUT2D eigenvalue weighted by atomic mass is 10.2. The zero-order valence-electron chi connectivity index (χ0n) is 17.1. The van der Waals surface area contributed by atoms with Gasteiger partial charge >= 0.3 is 0 Å². The molecule has 0 unspecified atom stereocenters. The molecule has 0 aliphatic carbocycles. The molecule has 0 radical (unpaired) electrons. The maximum absolute atomic E-state index is 12.6. The van der Waals surface area contributed by atoms with E-state index in [1.165, 1.54) is 24.3 Å². The van der Waals surface area contributed by atoms with Gasteiger partial charge in [0.25, 0.3) is 5.91 Å². The fourth-order valence-corrected chi connectivity index (χ4v) is 4.32. The average Bonchev–Trinajstić information content (AvgIpc) is 3.26. The van der Waals surface area contributed by atoms with Crippen LogP contribution >= 0.6 is 0 Å². The monoisotopic (exact) mass is 448 g/mol. The van der Waals surface area contributed by atoms with Crippen LogP contribution in [0.25, 0.3) is 0 Å². The number of rotatable bonds is 7. The fourth-order valence-electron chi connectivity index (χ4n) is 3.31. The summed E-state index contributed by atoms with van der Waals surface area (Å²) in [5.41, 5.74) is 0.753. The molecule has 10 heteroatoms. The Bertz CT molecular complexity index is 1030. The molecule has 2 heterocycles. The van der Waals surface area contributed by atoms with Gasteiger partial charge in [-0.15, -0.1) is 0 Å². The summed E-state index contributed by atoms with van der Waals surface area (Å²) in [6, 6.07) is 11.2. The molecule has 2 aliphatic heterocycles. The minimum Gasteiger partial charge on any atom is -0.481 e. The Hall–Kier alpha value is -2.82. The third-order valence-electron chi connectivity index (χ3n) is 5.02. The van der Waals surface area contributed by atoms with Crippen LogP contribution in [0.2, 0.25) is 0 Å². The fraction of sp³-hybridized carbons (Fsp3) is 0.381. The number of carbonyl (C=O) groups is 1. The summed E-state index contributed by atoms with van der Waals surface area (Å²) >= 11 is 0. The number of fused-ring (bicyclic) bond motifs is 1. The van der Waals surface area contributed by atoms with Crippen LogP contribution in [0.5, 0.6) is 17.2 Å². The molecule has 31 heavy (non-hydrogen) atoms. The van der Waals surface area contributed by atoms with Gasteiger partial charge in [-0.25, -0.2) is 13.1 Å². The van der Waals surface area contributed by atoms with Gasteiger partial charge in [0.05, 0.1) is 18.1 Å². The number of amides is 1. The second kappa shape index (κ2) is 9.13. The van der Waals surface area contributed by atoms with E-state index in [1.54, 1.807) is 30.0 Å². The molecule has 0 bridgehead atoms. The lowest BCUT2D eigenvalue weighted by Crippen LogP contribution is -2.46. The Kier molecular flexibility index (Phi) is 6.30. The van der Waals surface area contributed by atoms with E-state index in [2.05, 4.69) is 4.72 Å². The van der Waals surface area contributed by atoms with Gasteiger partial charge in [-0.3, -0.25) is 4.79 Å². The minimum atomic E-state index is -3.72. The summed E-state index contributed by atoms with van der Waals surface area (Å²) < 4.78 is 49.3. The lowest BCUT2D eigenvalue weighted by molar-refractivity contribution is -0.142. The summed E-state index contributed by atoms with van der Waals surface area (Å²) in [6.07, 6.45) is -0.676. The third-order valence-corrected chi connectivity index (χ3v) is 6.44. The van der Waals surface area contributed by atoms with E-state index in [1.807, 2.05) is 0 Å². The van der Waals surface area contributed by atoms with Gasteiger partial charge in [-0.1, -0.05) is 6.07 Å². The first-order valence-corrected chi connectivity index (χ1v) is 11.4. The molecule has 1 atom stereocenters. The highest BCUT2D eigenvalue weighted by atomic mass is 32.2. The molecule has 1 fully saturated rings. The van der Waals surface area contributed by atoms with E-state index in [0.29, 0.717) is 43.6 Å². The maximum Gasteiger partial charge on any atom is 0.263 e. The zero-order valence-corrected chi connectivity index (χ0v) is 17.9. The van der Waals surface area contributed by atoms with Crippen molar-refractivity contribution in [2.45, 2.75) is 24.5 Å². The average molecular weight is 448 g/mol. The normalized spacial score (nSPS) is 16.7. The van der Waals surface area contributed by atoms with Crippen molar-refractivity contribution >= 4 is 15.9 Å². The van der Waals surface area contributed by atoms with Crippen LogP contribution in [0, 0.1) is 0 Å². The van der Waals surface area contributed by atoms with Crippen molar-refractivity contribution in [1.82, 2.24) is 9.62 Å². The van der Waals surface area contributed by atoms with E-state index in [9.17, 15) is 13.2 Å². The number of nitrogens with zero attached hydrogens (tertiary/aromatic N) is 1. The Balaban J connectivity index is 1.34. The van der Waals surface area contributed by atoms with Crippen LogP contribution in [-0.4, -0.2) is 58.4 Å². The third kappa shape index (κ3) is 5.09. The van der Waals surface area contributed by atoms with Crippen molar-refractivity contribution in [3.63, 3.8) is 0 Å². The van der Waals surface area contributed by atoms with Gasteiger partial charge < -0.3 is 23.8 Å². The number of sulfonamides is 1. The molecule has 166 valence electrons. The molecule has 1 amide bonds. The Morgan fingerprint density at radius 2 is 1.81 bits per heavy atom. The van der Waals surface area contributed by atoms with E-state index >= 15 is 0 Å². The Morgan fingerprint density at radius 1 is 1.10 bits per heavy atom. The second-order valence-corrected chi connectivity index (χ2v) is 8.95. The molecule has 4 rings (SSSR count). The predicted octanol–water partition coefficient (Wildman–Crippen LogP) is 1.52. The maximum atomic E-state index is 12.6. The van der Waals surface area contributed by atoms with Crippen molar-refractivity contribution in [3.05, 3.63) is 48.0 Å². The highest BCUT2D eigenvalue weighted by Crippen LogP contribution is 2.32. The molecule has 2 aliphatic rings. The molecule has 2 aromatic carbocycles. The molecule has 0 aromatic heterocycles. The largest absolute Gasteiger partial charge is 0.481 e. The van der Waals surface area contributed by atoms with Gasteiger partial charge in [-0.2, -0.15) is 0 Å². The first-order valence-electron chi connectivity index (χ1n) is 9.94. The minimum absolute atomic E-state index is 0.104. The first-order chi connectivity index (χ1) is 14.9. The molecule has 1 N–H and O–H groups in total. The lowest BCUT2D eigenvalue weighted by Gasteiger charge is -2.29. The molecule has 1 saturated heterocycles. The van der Waals surface area contributed by atoms with Crippen LogP contribution in [0.3, 0.4) is 0 Å². The smallest absolute Gasteiger partial charge is 0.263 e. The number of morpholine rings is 1. The van der Waals surface area contributed by atoms with Crippen LogP contribution in [0.15, 0.2) is 47.4 Å². The van der Waals surface area contributed by atoms with Crippen LogP contribution in [0.4, 0.5) is 0 Å². The number of hydrogen-bond donors (Lipinski definition) is 1. The number of hydrogen-bond acceptors (Lipinski definition) is 7. The van der Waals surface area contributed by atoms with E-state index in [4.69, 9.17) is 18.9 Å². The van der Waals surface area contributed by atoms with Crippen molar-refractivity contribution in [1.29, 1.82) is 0 Å². The SMILES string of the molecule is C[C@@H](Oc1ccc(S(=O)(=O)NCc2ccc3c(c2)OCO3)cc1)C(=O)N1CCOCC1. The summed E-state index contributed by atoms with van der Waals surface area (Å²) in [6.45, 7) is 4.07. The second-order valence-electron chi connectivity index (χ2n) is 7.18. The molecule has 9 nitrogen and oxygen atoms in total. The van der Waals surface area contributed by atoms with Crippen LogP contribution in [-0.2, 0) is 26.1 Å². The van der Waals surface area contributed by atoms with Gasteiger partial charge in [0.1, 0.15) is 5.75 Å². The number of carbonyl (C=O) groups excluding carboxylic acids is 1. The van der Waals surface area contributed by atoms with Crippen molar-refractivity contribution in [3.8, 4) is 17.2 Å². The molecular weight excluding hydrogens is 424 g/mol. The van der Waals surface area contributed by atoms with Gasteiger partial charge in [0.15, 0.2) is 17.6 Å². The van der Waals surface area contributed by atoms with Gasteiger partial charge in [0, 0.05) is 19.6 Å². The summed E-state index contributed by atoms with van der Waals surface area (Å²) in [4.78, 5) is 14.2. The van der Waals surface area contributed by atoms with E-state index in [0.717, 1.165) is 5.56 Å². The van der Waals surface area contributed by atoms with Crippen molar-refractivity contribution in [2.24, 2.45) is 0 Å². The number of ether oxygens (including phenoxy) is 4. The predicted molar refractivity (Wildman–Crippen MR) is 111 cm³/mol. The Morgan fingerprint density at radius 3 is 2.55 bits per heavy atom. The van der Waals surface area contributed by atoms with Crippen LogP contribution < -0.4 is 18.9 Å². The molecule has 2 aromatic rings. The molecule has 0 spiro atoms. The molecular formula is C21H24N2O7S.